The standard InChI is InChI=1S/C25H36N2O6S/c1-17(2)14-19(26-24(29)33-25(4,5)6)15-18(3)32-21-12-13-27(23(28)16-21)20-8-10-22(11-9-20)34(7,30)31/h8-13,16-19H,14-15H2,1-7H3,(H,26,29)/t18-,19-/m1/s1. The van der Waals surface area contributed by atoms with Crippen molar-refractivity contribution in [2.45, 2.75) is 77.0 Å². The zero-order chi connectivity index (χ0) is 25.7. The first-order valence-electron chi connectivity index (χ1n) is 11.3. The molecule has 2 rings (SSSR count). The Balaban J connectivity index is 2.08. The molecular weight excluding hydrogens is 456 g/mol. The van der Waals surface area contributed by atoms with Crippen molar-refractivity contribution in [3.8, 4) is 11.4 Å². The molecule has 0 spiro atoms. The van der Waals surface area contributed by atoms with E-state index in [-0.39, 0.29) is 22.6 Å². The number of ether oxygens (including phenoxy) is 2. The van der Waals surface area contributed by atoms with E-state index in [2.05, 4.69) is 19.2 Å². The van der Waals surface area contributed by atoms with Crippen LogP contribution in [0.15, 0.2) is 52.3 Å². The Morgan fingerprint density at radius 3 is 2.18 bits per heavy atom. The second-order valence-electron chi connectivity index (χ2n) is 9.97. The molecule has 1 amide bonds. The van der Waals surface area contributed by atoms with Gasteiger partial charge in [0.15, 0.2) is 9.84 Å². The maximum Gasteiger partial charge on any atom is 0.407 e. The van der Waals surface area contributed by atoms with Gasteiger partial charge in [-0.15, -0.1) is 0 Å². The van der Waals surface area contributed by atoms with Crippen molar-refractivity contribution in [1.29, 1.82) is 0 Å². The Hall–Kier alpha value is -2.81. The second-order valence-corrected chi connectivity index (χ2v) is 12.0. The fraction of sp³-hybridized carbons (Fsp3) is 0.520. The first-order chi connectivity index (χ1) is 15.6. The number of amides is 1. The number of aromatic nitrogens is 1. The van der Waals surface area contributed by atoms with Gasteiger partial charge in [-0.05, 0) is 70.4 Å². The minimum atomic E-state index is -3.31. The van der Waals surface area contributed by atoms with Gasteiger partial charge in [-0.2, -0.15) is 0 Å². The van der Waals surface area contributed by atoms with Crippen LogP contribution in [0.25, 0.3) is 5.69 Å². The van der Waals surface area contributed by atoms with Crippen LogP contribution in [0.4, 0.5) is 4.79 Å². The monoisotopic (exact) mass is 492 g/mol. The lowest BCUT2D eigenvalue weighted by Gasteiger charge is -2.26. The number of nitrogens with one attached hydrogen (secondary N) is 1. The van der Waals surface area contributed by atoms with E-state index >= 15 is 0 Å². The van der Waals surface area contributed by atoms with Crippen molar-refractivity contribution in [2.24, 2.45) is 5.92 Å². The van der Waals surface area contributed by atoms with Gasteiger partial charge in [0, 0.05) is 36.7 Å². The fourth-order valence-corrected chi connectivity index (χ4v) is 4.17. The predicted octanol–water partition coefficient (Wildman–Crippen LogP) is 4.34. The Morgan fingerprint density at radius 1 is 1.06 bits per heavy atom. The molecule has 2 atom stereocenters. The van der Waals surface area contributed by atoms with E-state index in [4.69, 9.17) is 9.47 Å². The van der Waals surface area contributed by atoms with Crippen molar-refractivity contribution >= 4 is 15.9 Å². The van der Waals surface area contributed by atoms with E-state index in [0.717, 1.165) is 12.7 Å². The molecule has 9 heteroatoms. The van der Waals surface area contributed by atoms with E-state index in [1.54, 1.807) is 24.4 Å². The molecule has 2 aromatic rings. The van der Waals surface area contributed by atoms with E-state index < -0.39 is 21.5 Å². The number of rotatable bonds is 9. The number of sulfone groups is 1. The molecule has 188 valence electrons. The molecule has 1 aromatic carbocycles. The Morgan fingerprint density at radius 2 is 1.68 bits per heavy atom. The lowest BCUT2D eigenvalue weighted by molar-refractivity contribution is 0.0483. The summed E-state index contributed by atoms with van der Waals surface area (Å²) >= 11 is 0. The molecule has 0 fully saturated rings. The van der Waals surface area contributed by atoms with Crippen LogP contribution in [0.3, 0.4) is 0 Å². The van der Waals surface area contributed by atoms with Crippen LogP contribution in [-0.4, -0.2) is 43.1 Å². The number of hydrogen-bond acceptors (Lipinski definition) is 6. The van der Waals surface area contributed by atoms with Gasteiger partial charge in [0.25, 0.3) is 5.56 Å². The van der Waals surface area contributed by atoms with Crippen LogP contribution in [0, 0.1) is 5.92 Å². The van der Waals surface area contributed by atoms with Gasteiger partial charge in [-0.3, -0.25) is 9.36 Å². The largest absolute Gasteiger partial charge is 0.490 e. The fourth-order valence-electron chi connectivity index (χ4n) is 3.54. The highest BCUT2D eigenvalue weighted by atomic mass is 32.2. The second kappa shape index (κ2) is 11.1. The third kappa shape index (κ3) is 8.85. The molecule has 0 aliphatic rings. The van der Waals surface area contributed by atoms with Crippen LogP contribution >= 0.6 is 0 Å². The molecule has 1 aromatic heterocycles. The first-order valence-corrected chi connectivity index (χ1v) is 13.2. The summed E-state index contributed by atoms with van der Waals surface area (Å²) in [5, 5.41) is 2.93. The SMILES string of the molecule is CC(C)C[C@H](C[C@@H](C)Oc1ccn(-c2ccc(S(C)(=O)=O)cc2)c(=O)c1)NC(=O)OC(C)(C)C. The molecule has 1 N–H and O–H groups in total. The van der Waals surface area contributed by atoms with Gasteiger partial charge < -0.3 is 14.8 Å². The maximum atomic E-state index is 12.6. The van der Waals surface area contributed by atoms with Crippen molar-refractivity contribution in [2.75, 3.05) is 6.26 Å². The van der Waals surface area contributed by atoms with Crippen molar-refractivity contribution < 1.29 is 22.7 Å². The molecular formula is C25H36N2O6S. The number of carbonyl (C=O) groups is 1. The van der Waals surface area contributed by atoms with E-state index in [0.29, 0.717) is 23.8 Å². The highest BCUT2D eigenvalue weighted by molar-refractivity contribution is 7.90. The smallest absolute Gasteiger partial charge is 0.407 e. The van der Waals surface area contributed by atoms with Gasteiger partial charge in [-0.25, -0.2) is 13.2 Å². The van der Waals surface area contributed by atoms with Crippen LogP contribution < -0.4 is 15.6 Å². The number of alkyl carbamates (subject to hydrolysis) is 1. The average molecular weight is 493 g/mol. The molecule has 0 unspecified atom stereocenters. The van der Waals surface area contributed by atoms with Crippen molar-refractivity contribution in [3.63, 3.8) is 0 Å². The summed E-state index contributed by atoms with van der Waals surface area (Å²) in [6.07, 6.45) is 3.31. The molecule has 0 aliphatic carbocycles. The minimum absolute atomic E-state index is 0.140. The highest BCUT2D eigenvalue weighted by Gasteiger charge is 2.22. The predicted molar refractivity (Wildman–Crippen MR) is 132 cm³/mol. The summed E-state index contributed by atoms with van der Waals surface area (Å²) in [6, 6.07) is 9.03. The van der Waals surface area contributed by atoms with E-state index in [1.807, 2.05) is 27.7 Å². The molecule has 0 saturated heterocycles. The number of nitrogens with zero attached hydrogens (tertiary/aromatic N) is 1. The summed E-state index contributed by atoms with van der Waals surface area (Å²) in [7, 11) is -3.31. The molecule has 0 saturated carbocycles. The maximum absolute atomic E-state index is 12.6. The number of hydrogen-bond donors (Lipinski definition) is 1. The number of carbonyl (C=O) groups excluding carboxylic acids is 1. The summed E-state index contributed by atoms with van der Waals surface area (Å²) in [5.41, 5.74) is -0.332. The van der Waals surface area contributed by atoms with Crippen LogP contribution in [0.1, 0.15) is 54.4 Å². The van der Waals surface area contributed by atoms with Gasteiger partial charge in [0.1, 0.15) is 11.4 Å². The summed E-state index contributed by atoms with van der Waals surface area (Å²) in [5.74, 6) is 0.784. The molecule has 0 radical (unpaired) electrons. The molecule has 0 bridgehead atoms. The zero-order valence-electron chi connectivity index (χ0n) is 21.0. The Labute approximate surface area is 202 Å². The van der Waals surface area contributed by atoms with Crippen LogP contribution in [0.2, 0.25) is 0 Å². The van der Waals surface area contributed by atoms with Gasteiger partial charge >= 0.3 is 6.09 Å². The molecule has 0 aliphatic heterocycles. The Bertz CT molecular complexity index is 1130. The normalized spacial score (nSPS) is 13.9. The lowest BCUT2D eigenvalue weighted by atomic mass is 9.99. The average Bonchev–Trinajstić information content (AvgIpc) is 2.65. The zero-order valence-corrected chi connectivity index (χ0v) is 21.8. The highest BCUT2D eigenvalue weighted by Crippen LogP contribution is 2.18. The summed E-state index contributed by atoms with van der Waals surface area (Å²) in [6.45, 7) is 11.5. The molecule has 34 heavy (non-hydrogen) atoms. The minimum Gasteiger partial charge on any atom is -0.490 e. The van der Waals surface area contributed by atoms with Gasteiger partial charge in [0.2, 0.25) is 0 Å². The van der Waals surface area contributed by atoms with Gasteiger partial charge in [0.05, 0.1) is 11.0 Å². The third-order valence-electron chi connectivity index (χ3n) is 4.86. The topological polar surface area (TPSA) is 104 Å². The molecule has 8 nitrogen and oxygen atoms in total. The van der Waals surface area contributed by atoms with E-state index in [1.165, 1.54) is 22.8 Å². The van der Waals surface area contributed by atoms with Crippen LogP contribution in [-0.2, 0) is 14.6 Å². The van der Waals surface area contributed by atoms with Crippen molar-refractivity contribution in [3.05, 3.63) is 52.9 Å². The number of benzene rings is 1. The summed E-state index contributed by atoms with van der Waals surface area (Å²) in [4.78, 5) is 25.1. The number of pyridine rings is 1. The lowest BCUT2D eigenvalue weighted by Crippen LogP contribution is -2.41. The third-order valence-corrected chi connectivity index (χ3v) is 5.99. The quantitative estimate of drug-likeness (QED) is 0.559. The molecule has 1 heterocycles. The Kier molecular flexibility index (Phi) is 8.94. The van der Waals surface area contributed by atoms with Crippen molar-refractivity contribution in [1.82, 2.24) is 9.88 Å². The van der Waals surface area contributed by atoms with E-state index in [9.17, 15) is 18.0 Å². The first kappa shape index (κ1) is 27.4. The van der Waals surface area contributed by atoms with Crippen LogP contribution in [0.5, 0.6) is 5.75 Å². The van der Waals surface area contributed by atoms with Gasteiger partial charge in [-0.1, -0.05) is 13.8 Å². The summed E-state index contributed by atoms with van der Waals surface area (Å²) < 4.78 is 36.0.